The number of likely N-dealkylation sites (tertiary alicyclic amines) is 1. The molecule has 0 atom stereocenters. The molecule has 0 spiro atoms. The quantitative estimate of drug-likeness (QED) is 0.234. The maximum Gasteiger partial charge on any atom is 0.409 e. The number of ether oxygens (including phenoxy) is 1. The number of carbonyl (C=O) groups excluding carboxylic acids is 1. The van der Waals surface area contributed by atoms with Crippen molar-refractivity contribution in [2.75, 3.05) is 32.8 Å². The monoisotopic (exact) mass is 522 g/mol. The number of piperidine rings is 1. The average molecular weight is 522 g/mol. The van der Waals surface area contributed by atoms with Crippen LogP contribution in [-0.4, -0.2) is 65.9 Å². The van der Waals surface area contributed by atoms with Crippen molar-refractivity contribution in [3.05, 3.63) is 11.7 Å². The maximum atomic E-state index is 11.8. The summed E-state index contributed by atoms with van der Waals surface area (Å²) in [5, 5.41) is 10.7. The van der Waals surface area contributed by atoms with Gasteiger partial charge in [-0.15, -0.1) is 24.0 Å². The predicted octanol–water partition coefficient (Wildman–Crippen LogP) is 2.92. The summed E-state index contributed by atoms with van der Waals surface area (Å²) in [6.45, 7) is 11.3. The highest BCUT2D eigenvalue weighted by molar-refractivity contribution is 14.0. The number of halogens is 1. The Labute approximate surface area is 190 Å². The lowest BCUT2D eigenvalue weighted by Gasteiger charge is -2.32. The van der Waals surface area contributed by atoms with Crippen molar-refractivity contribution in [2.24, 2.45) is 4.99 Å². The molecule has 0 unspecified atom stereocenters. The van der Waals surface area contributed by atoms with Gasteiger partial charge in [0.1, 0.15) is 0 Å². The van der Waals surface area contributed by atoms with Crippen molar-refractivity contribution >= 4 is 36.0 Å². The summed E-state index contributed by atoms with van der Waals surface area (Å²) < 4.78 is 10.3. The zero-order valence-electron chi connectivity index (χ0n) is 17.9. The van der Waals surface area contributed by atoms with Gasteiger partial charge in [0.2, 0.25) is 5.89 Å². The molecule has 0 saturated carbocycles. The number of aliphatic imine (C=N–C) groups is 1. The van der Waals surface area contributed by atoms with E-state index in [9.17, 15) is 4.79 Å². The minimum Gasteiger partial charge on any atom is -0.450 e. The van der Waals surface area contributed by atoms with Crippen LogP contribution < -0.4 is 10.6 Å². The first kappa shape index (κ1) is 25.4. The molecule has 0 aliphatic carbocycles. The summed E-state index contributed by atoms with van der Waals surface area (Å²) in [5.74, 6) is 2.51. The number of hydrogen-bond acceptors (Lipinski definition) is 6. The van der Waals surface area contributed by atoms with E-state index in [1.807, 2.05) is 27.7 Å². The molecule has 166 valence electrons. The fraction of sp³-hybridized carbons (Fsp3) is 0.789. The van der Waals surface area contributed by atoms with Crippen LogP contribution >= 0.6 is 24.0 Å². The molecular weight excluding hydrogens is 487 g/mol. The Balaban J connectivity index is 0.00000420. The number of rotatable bonds is 8. The van der Waals surface area contributed by atoms with Crippen LogP contribution in [0.1, 0.15) is 64.6 Å². The summed E-state index contributed by atoms with van der Waals surface area (Å²) >= 11 is 0. The molecule has 0 aromatic carbocycles. The van der Waals surface area contributed by atoms with E-state index in [-0.39, 0.29) is 36.0 Å². The molecule has 1 fully saturated rings. The zero-order valence-corrected chi connectivity index (χ0v) is 20.3. The largest absolute Gasteiger partial charge is 0.450 e. The summed E-state index contributed by atoms with van der Waals surface area (Å²) in [7, 11) is 0. The van der Waals surface area contributed by atoms with Gasteiger partial charge < -0.3 is 24.8 Å². The van der Waals surface area contributed by atoms with E-state index < -0.39 is 0 Å². The molecule has 1 saturated heterocycles. The second-order valence-corrected chi connectivity index (χ2v) is 7.17. The molecule has 29 heavy (non-hydrogen) atoms. The fourth-order valence-electron chi connectivity index (χ4n) is 2.96. The van der Waals surface area contributed by atoms with E-state index in [4.69, 9.17) is 9.26 Å². The van der Waals surface area contributed by atoms with Gasteiger partial charge in [0.05, 0.1) is 6.61 Å². The zero-order chi connectivity index (χ0) is 20.4. The Morgan fingerprint density at radius 2 is 2.07 bits per heavy atom. The van der Waals surface area contributed by atoms with Gasteiger partial charge in [-0.2, -0.15) is 4.98 Å². The third kappa shape index (κ3) is 8.75. The van der Waals surface area contributed by atoms with Gasteiger partial charge in [0.25, 0.3) is 0 Å². The van der Waals surface area contributed by atoms with Gasteiger partial charge in [0, 0.05) is 44.6 Å². The number of hydrogen-bond donors (Lipinski definition) is 2. The number of nitrogens with one attached hydrogen (secondary N) is 2. The summed E-state index contributed by atoms with van der Waals surface area (Å²) in [6, 6.07) is 0.299. The van der Waals surface area contributed by atoms with Gasteiger partial charge in [-0.3, -0.25) is 4.99 Å². The van der Waals surface area contributed by atoms with E-state index in [1.165, 1.54) is 0 Å². The van der Waals surface area contributed by atoms with Crippen molar-refractivity contribution < 1.29 is 14.1 Å². The van der Waals surface area contributed by atoms with E-state index in [0.717, 1.165) is 44.0 Å². The average Bonchev–Trinajstić information content (AvgIpc) is 3.15. The number of carbonyl (C=O) groups is 1. The summed E-state index contributed by atoms with van der Waals surface area (Å²) in [5.41, 5.74) is 0. The minimum absolute atomic E-state index is 0. The molecular formula is C19H35IN6O3. The lowest BCUT2D eigenvalue weighted by atomic mass is 10.1. The van der Waals surface area contributed by atoms with Crippen molar-refractivity contribution in [3.63, 3.8) is 0 Å². The van der Waals surface area contributed by atoms with Crippen LogP contribution in [0.3, 0.4) is 0 Å². The van der Waals surface area contributed by atoms with Crippen molar-refractivity contribution in [2.45, 2.75) is 65.3 Å². The molecule has 0 bridgehead atoms. The first-order valence-electron chi connectivity index (χ1n) is 10.3. The summed E-state index contributed by atoms with van der Waals surface area (Å²) in [6.07, 6.45) is 3.10. The highest BCUT2D eigenvalue weighted by atomic mass is 127. The summed E-state index contributed by atoms with van der Waals surface area (Å²) in [4.78, 5) is 22.6. The van der Waals surface area contributed by atoms with Crippen molar-refractivity contribution in [3.8, 4) is 0 Å². The Morgan fingerprint density at radius 1 is 1.34 bits per heavy atom. The Morgan fingerprint density at radius 3 is 2.66 bits per heavy atom. The van der Waals surface area contributed by atoms with Gasteiger partial charge in [-0.1, -0.05) is 19.0 Å². The standard InChI is InChI=1S/C19H34N6O3.HI/c1-5-20-18(21-11-7-8-16-23-17(14(3)4)24-28-16)22-15-9-12-25(13-10-15)19(26)27-6-2;/h14-15H,5-13H2,1-4H3,(H2,20,21,22);1H. The van der Waals surface area contributed by atoms with Gasteiger partial charge in [-0.25, -0.2) is 4.79 Å². The number of aryl methyl sites for hydroxylation is 1. The lowest BCUT2D eigenvalue weighted by molar-refractivity contribution is 0.0963. The molecule has 10 heteroatoms. The lowest BCUT2D eigenvalue weighted by Crippen LogP contribution is -2.49. The third-order valence-corrected chi connectivity index (χ3v) is 4.52. The molecule has 1 aromatic heterocycles. The molecule has 1 aliphatic heterocycles. The SMILES string of the molecule is CCNC(=NCCCc1nc(C(C)C)no1)NC1CCN(C(=O)OCC)CC1.I. The van der Waals surface area contributed by atoms with Crippen LogP contribution in [0.15, 0.2) is 9.52 Å². The van der Waals surface area contributed by atoms with Crippen LogP contribution in [0.25, 0.3) is 0 Å². The van der Waals surface area contributed by atoms with Gasteiger partial charge in [-0.05, 0) is 33.1 Å². The molecule has 2 heterocycles. The molecule has 0 radical (unpaired) electrons. The normalized spacial score (nSPS) is 15.2. The first-order chi connectivity index (χ1) is 13.5. The topological polar surface area (TPSA) is 105 Å². The Bertz CT molecular complexity index is 629. The van der Waals surface area contributed by atoms with E-state index in [1.54, 1.807) is 4.90 Å². The van der Waals surface area contributed by atoms with Crippen molar-refractivity contribution in [1.29, 1.82) is 0 Å². The number of amides is 1. The predicted molar refractivity (Wildman–Crippen MR) is 123 cm³/mol. The first-order valence-corrected chi connectivity index (χ1v) is 10.3. The van der Waals surface area contributed by atoms with Crippen LogP contribution in [0.2, 0.25) is 0 Å². The molecule has 2 N–H and O–H groups in total. The Kier molecular flexibility index (Phi) is 11.9. The van der Waals surface area contributed by atoms with E-state index in [2.05, 4.69) is 25.8 Å². The van der Waals surface area contributed by atoms with Gasteiger partial charge in [0.15, 0.2) is 11.8 Å². The maximum absolute atomic E-state index is 11.8. The van der Waals surface area contributed by atoms with Crippen LogP contribution in [0.5, 0.6) is 0 Å². The van der Waals surface area contributed by atoms with E-state index in [0.29, 0.717) is 38.2 Å². The van der Waals surface area contributed by atoms with Crippen LogP contribution in [-0.2, 0) is 11.2 Å². The number of nitrogens with zero attached hydrogens (tertiary/aromatic N) is 4. The van der Waals surface area contributed by atoms with E-state index >= 15 is 0 Å². The third-order valence-electron chi connectivity index (χ3n) is 4.52. The highest BCUT2D eigenvalue weighted by Gasteiger charge is 2.24. The van der Waals surface area contributed by atoms with Crippen molar-refractivity contribution in [1.82, 2.24) is 25.7 Å². The molecule has 1 aliphatic rings. The minimum atomic E-state index is -0.219. The smallest absolute Gasteiger partial charge is 0.409 e. The second kappa shape index (κ2) is 13.6. The second-order valence-electron chi connectivity index (χ2n) is 7.17. The number of guanidine groups is 1. The fourth-order valence-corrected chi connectivity index (χ4v) is 2.96. The molecule has 2 rings (SSSR count). The number of aromatic nitrogens is 2. The molecule has 9 nitrogen and oxygen atoms in total. The van der Waals surface area contributed by atoms with Crippen LogP contribution in [0, 0.1) is 0 Å². The van der Waals surface area contributed by atoms with Gasteiger partial charge >= 0.3 is 6.09 Å². The molecule has 1 aromatic rings. The Hall–Kier alpha value is -1.59. The molecule has 1 amide bonds. The highest BCUT2D eigenvalue weighted by Crippen LogP contribution is 2.12. The van der Waals surface area contributed by atoms with Crippen LogP contribution in [0.4, 0.5) is 4.79 Å².